The van der Waals surface area contributed by atoms with Gasteiger partial charge in [0, 0.05) is 24.5 Å². The maximum Gasteiger partial charge on any atom is 0.261 e. The lowest BCUT2D eigenvalue weighted by atomic mass is 10.0. The zero-order chi connectivity index (χ0) is 23.6. The van der Waals surface area contributed by atoms with Gasteiger partial charge in [-0.05, 0) is 43.2 Å². The van der Waals surface area contributed by atoms with Crippen molar-refractivity contribution in [1.29, 1.82) is 0 Å². The van der Waals surface area contributed by atoms with Gasteiger partial charge in [-0.1, -0.05) is 77.8 Å². The van der Waals surface area contributed by atoms with Crippen LogP contribution in [0, 0.1) is 6.92 Å². The highest BCUT2D eigenvalue weighted by Gasteiger charge is 2.30. The lowest BCUT2D eigenvalue weighted by molar-refractivity contribution is -0.142. The summed E-state index contributed by atoms with van der Waals surface area (Å²) in [6, 6.07) is 23.8. The number of hydrogen-bond donors (Lipinski definition) is 1. The minimum absolute atomic E-state index is 0.182. The van der Waals surface area contributed by atoms with Crippen LogP contribution in [0.4, 0.5) is 0 Å². The molecule has 0 unspecified atom stereocenters. The van der Waals surface area contributed by atoms with E-state index in [4.69, 9.17) is 16.3 Å². The second-order valence-electron chi connectivity index (χ2n) is 7.81. The second-order valence-corrected chi connectivity index (χ2v) is 8.22. The Balaban J connectivity index is 1.89. The summed E-state index contributed by atoms with van der Waals surface area (Å²) in [4.78, 5) is 28.1. The smallest absolute Gasteiger partial charge is 0.261 e. The number of aryl methyl sites for hydroxylation is 1. The van der Waals surface area contributed by atoms with E-state index in [9.17, 15) is 9.59 Å². The van der Waals surface area contributed by atoms with Crippen molar-refractivity contribution < 1.29 is 14.3 Å². The number of carbonyl (C=O) groups is 2. The van der Waals surface area contributed by atoms with Gasteiger partial charge in [0.15, 0.2) is 6.61 Å². The van der Waals surface area contributed by atoms with Gasteiger partial charge in [0.05, 0.1) is 0 Å². The van der Waals surface area contributed by atoms with Gasteiger partial charge in [-0.25, -0.2) is 0 Å². The topological polar surface area (TPSA) is 58.6 Å². The maximum absolute atomic E-state index is 13.4. The fourth-order valence-electron chi connectivity index (χ4n) is 3.52. The number of halogens is 1. The summed E-state index contributed by atoms with van der Waals surface area (Å²) in [5, 5.41) is 3.42. The number of nitrogens with zero attached hydrogens (tertiary/aromatic N) is 1. The molecule has 6 heteroatoms. The molecule has 5 nitrogen and oxygen atoms in total. The monoisotopic (exact) mass is 464 g/mol. The third-order valence-corrected chi connectivity index (χ3v) is 5.67. The van der Waals surface area contributed by atoms with E-state index < -0.39 is 6.04 Å². The predicted octanol–water partition coefficient (Wildman–Crippen LogP) is 4.80. The van der Waals surface area contributed by atoms with Crippen LogP contribution in [0.2, 0.25) is 5.02 Å². The van der Waals surface area contributed by atoms with E-state index >= 15 is 0 Å². The molecule has 3 aromatic rings. The van der Waals surface area contributed by atoms with Crippen LogP contribution in [0.15, 0.2) is 78.9 Å². The first kappa shape index (κ1) is 24.3. The van der Waals surface area contributed by atoms with Crippen LogP contribution in [0.25, 0.3) is 0 Å². The van der Waals surface area contributed by atoms with Crippen molar-refractivity contribution in [3.05, 3.63) is 101 Å². The molecule has 0 aliphatic rings. The van der Waals surface area contributed by atoms with Gasteiger partial charge in [0.1, 0.15) is 11.8 Å². The third-order valence-electron chi connectivity index (χ3n) is 5.30. The van der Waals surface area contributed by atoms with E-state index in [2.05, 4.69) is 5.32 Å². The van der Waals surface area contributed by atoms with Gasteiger partial charge in [0.2, 0.25) is 5.91 Å². The lowest BCUT2D eigenvalue weighted by Crippen LogP contribution is -2.51. The Bertz CT molecular complexity index is 1050. The molecular formula is C27H29ClN2O3. The maximum atomic E-state index is 13.4. The Hall–Kier alpha value is -3.31. The molecule has 0 radical (unpaired) electrons. The average molecular weight is 465 g/mol. The molecule has 1 atom stereocenters. The van der Waals surface area contributed by atoms with Crippen molar-refractivity contribution in [3.63, 3.8) is 0 Å². The van der Waals surface area contributed by atoms with Gasteiger partial charge < -0.3 is 15.0 Å². The zero-order valence-corrected chi connectivity index (χ0v) is 19.7. The predicted molar refractivity (Wildman–Crippen MR) is 131 cm³/mol. The first-order chi connectivity index (χ1) is 16.0. The zero-order valence-electron chi connectivity index (χ0n) is 19.0. The second kappa shape index (κ2) is 12.1. The van der Waals surface area contributed by atoms with Gasteiger partial charge >= 0.3 is 0 Å². The van der Waals surface area contributed by atoms with Crippen molar-refractivity contribution in [1.82, 2.24) is 10.2 Å². The fraction of sp³-hybridized carbons (Fsp3) is 0.259. The largest absolute Gasteiger partial charge is 0.484 e. The standard InChI is InChI=1S/C27H29ClN2O3/c1-3-29-27(32)25(17-21-9-5-4-6-10-21)30(18-22-11-7-8-12-24(22)28)26(31)19-33-23-15-13-20(2)14-16-23/h4-16,25H,3,17-19H2,1-2H3,(H,29,32)/t25-/m1/s1. The summed E-state index contributed by atoms with van der Waals surface area (Å²) < 4.78 is 5.76. The quantitative estimate of drug-likeness (QED) is 0.468. The number of nitrogens with one attached hydrogen (secondary N) is 1. The number of benzene rings is 3. The van der Waals surface area contributed by atoms with Crippen LogP contribution < -0.4 is 10.1 Å². The van der Waals surface area contributed by atoms with Crippen LogP contribution in [-0.2, 0) is 22.6 Å². The summed E-state index contributed by atoms with van der Waals surface area (Å²) >= 11 is 6.40. The molecule has 3 aromatic carbocycles. The molecule has 0 spiro atoms. The van der Waals surface area contributed by atoms with Gasteiger partial charge in [-0.15, -0.1) is 0 Å². The first-order valence-corrected chi connectivity index (χ1v) is 11.4. The summed E-state index contributed by atoms with van der Waals surface area (Å²) in [7, 11) is 0. The van der Waals surface area contributed by atoms with Gasteiger partial charge in [-0.2, -0.15) is 0 Å². The van der Waals surface area contributed by atoms with Crippen molar-refractivity contribution in [3.8, 4) is 5.75 Å². The van der Waals surface area contributed by atoms with Gasteiger partial charge in [0.25, 0.3) is 5.91 Å². The van der Waals surface area contributed by atoms with Gasteiger partial charge in [-0.3, -0.25) is 9.59 Å². The lowest BCUT2D eigenvalue weighted by Gasteiger charge is -2.31. The Morgan fingerprint density at radius 2 is 1.64 bits per heavy atom. The minimum atomic E-state index is -0.710. The number of rotatable bonds is 10. The Morgan fingerprint density at radius 3 is 2.30 bits per heavy atom. The summed E-state index contributed by atoms with van der Waals surface area (Å²) in [6.45, 7) is 4.33. The van der Waals surface area contributed by atoms with E-state index in [0.29, 0.717) is 23.7 Å². The molecular weight excluding hydrogens is 436 g/mol. The van der Waals surface area contributed by atoms with Crippen molar-refractivity contribution in [2.75, 3.05) is 13.2 Å². The first-order valence-electron chi connectivity index (χ1n) is 11.0. The van der Waals surface area contributed by atoms with E-state index in [0.717, 1.165) is 16.7 Å². The molecule has 0 aliphatic carbocycles. The molecule has 172 valence electrons. The van der Waals surface area contributed by atoms with Crippen LogP contribution in [0.5, 0.6) is 5.75 Å². The molecule has 0 aliphatic heterocycles. The van der Waals surface area contributed by atoms with Crippen LogP contribution in [-0.4, -0.2) is 35.9 Å². The van der Waals surface area contributed by atoms with Crippen molar-refractivity contribution in [2.45, 2.75) is 32.9 Å². The summed E-state index contributed by atoms with van der Waals surface area (Å²) in [6.07, 6.45) is 0.382. The molecule has 0 saturated carbocycles. The van der Waals surface area contributed by atoms with E-state index in [1.807, 2.05) is 86.6 Å². The number of ether oxygens (including phenoxy) is 1. The van der Waals surface area contributed by atoms with E-state index in [1.54, 1.807) is 11.0 Å². The van der Waals surface area contributed by atoms with Crippen LogP contribution in [0.3, 0.4) is 0 Å². The molecule has 0 fully saturated rings. The molecule has 2 amide bonds. The minimum Gasteiger partial charge on any atom is -0.484 e. The van der Waals surface area contributed by atoms with E-state index in [-0.39, 0.29) is 25.0 Å². The number of carbonyl (C=O) groups excluding carboxylic acids is 2. The highest BCUT2D eigenvalue weighted by molar-refractivity contribution is 6.31. The van der Waals surface area contributed by atoms with Crippen LogP contribution >= 0.6 is 11.6 Å². The molecule has 33 heavy (non-hydrogen) atoms. The number of amides is 2. The molecule has 1 N–H and O–H groups in total. The Kier molecular flexibility index (Phi) is 8.90. The molecule has 3 rings (SSSR count). The SMILES string of the molecule is CCNC(=O)[C@@H](Cc1ccccc1)N(Cc1ccccc1Cl)C(=O)COc1ccc(C)cc1. The van der Waals surface area contributed by atoms with Crippen molar-refractivity contribution in [2.24, 2.45) is 0 Å². The average Bonchev–Trinajstić information content (AvgIpc) is 2.82. The summed E-state index contributed by atoms with van der Waals surface area (Å²) in [5.74, 6) is 0.101. The molecule has 0 bridgehead atoms. The summed E-state index contributed by atoms with van der Waals surface area (Å²) in [5.41, 5.74) is 2.84. The molecule has 0 aromatic heterocycles. The Labute approximate surface area is 200 Å². The normalized spacial score (nSPS) is 11.5. The highest BCUT2D eigenvalue weighted by atomic mass is 35.5. The highest BCUT2D eigenvalue weighted by Crippen LogP contribution is 2.21. The van der Waals surface area contributed by atoms with E-state index in [1.165, 1.54) is 0 Å². The third kappa shape index (κ3) is 7.09. The molecule has 0 heterocycles. The van der Waals surface area contributed by atoms with Crippen molar-refractivity contribution >= 4 is 23.4 Å². The number of hydrogen-bond acceptors (Lipinski definition) is 3. The van der Waals surface area contributed by atoms with Crippen LogP contribution in [0.1, 0.15) is 23.6 Å². The number of likely N-dealkylation sites (N-methyl/N-ethyl adjacent to an activating group) is 1. The fourth-order valence-corrected chi connectivity index (χ4v) is 3.71. The molecule has 0 saturated heterocycles. The Morgan fingerprint density at radius 1 is 0.970 bits per heavy atom.